The van der Waals surface area contributed by atoms with Gasteiger partial charge in [-0.3, -0.25) is 9.59 Å². The fourth-order valence-corrected chi connectivity index (χ4v) is 2.28. The maximum Gasteiger partial charge on any atom is 0.323 e. The fourth-order valence-electron chi connectivity index (χ4n) is 2.28. The van der Waals surface area contributed by atoms with Crippen LogP contribution in [0.5, 0.6) is 0 Å². The van der Waals surface area contributed by atoms with Crippen molar-refractivity contribution in [3.63, 3.8) is 0 Å². The van der Waals surface area contributed by atoms with E-state index in [0.29, 0.717) is 6.61 Å². The Morgan fingerprint density at radius 3 is 2.00 bits per heavy atom. The van der Waals surface area contributed by atoms with Crippen LogP contribution in [0.15, 0.2) is 0 Å². The van der Waals surface area contributed by atoms with Crippen LogP contribution in [-0.4, -0.2) is 24.6 Å². The molecule has 0 aromatic heterocycles. The number of ether oxygens (including phenoxy) is 2. The Balaban J connectivity index is 3.96. The average Bonchev–Trinajstić information content (AvgIpc) is 2.49. The lowest BCUT2D eigenvalue weighted by Gasteiger charge is -2.23. The first-order valence-corrected chi connectivity index (χ1v) is 9.24. The van der Waals surface area contributed by atoms with E-state index in [1.807, 2.05) is 13.8 Å². The van der Waals surface area contributed by atoms with Crippen molar-refractivity contribution in [1.82, 2.24) is 0 Å². The van der Waals surface area contributed by atoms with Crippen molar-refractivity contribution < 1.29 is 19.1 Å². The lowest BCUT2D eigenvalue weighted by atomic mass is 9.94. The van der Waals surface area contributed by atoms with Gasteiger partial charge in [0.1, 0.15) is 0 Å². The van der Waals surface area contributed by atoms with Crippen LogP contribution in [0.3, 0.4) is 0 Å². The third-order valence-electron chi connectivity index (χ3n) is 4.01. The first-order valence-electron chi connectivity index (χ1n) is 9.24. The maximum absolute atomic E-state index is 12.1. The van der Waals surface area contributed by atoms with Crippen LogP contribution in [0.4, 0.5) is 0 Å². The number of rotatable bonds is 13. The number of hydrogen-bond donors (Lipinski definition) is 0. The minimum absolute atomic E-state index is 0.164. The fraction of sp³-hybridized carbons (Fsp3) is 0.895. The standard InChI is InChI=1S/C19H36O4/c1-6-8-9-10-11-12-13-15-22-17(20)19(4,5)18(21)23-16(3)14-7-2/h16H,6-15H2,1-5H3. The lowest BCUT2D eigenvalue weighted by Crippen LogP contribution is -2.38. The molecule has 0 bridgehead atoms. The van der Waals surface area contributed by atoms with E-state index < -0.39 is 17.4 Å². The van der Waals surface area contributed by atoms with Crippen LogP contribution in [0.1, 0.15) is 92.4 Å². The molecule has 0 N–H and O–H groups in total. The summed E-state index contributed by atoms with van der Waals surface area (Å²) in [4.78, 5) is 24.2. The maximum atomic E-state index is 12.1. The predicted molar refractivity (Wildman–Crippen MR) is 93.2 cm³/mol. The van der Waals surface area contributed by atoms with Gasteiger partial charge in [-0.05, 0) is 33.6 Å². The van der Waals surface area contributed by atoms with E-state index in [1.54, 1.807) is 13.8 Å². The molecule has 136 valence electrons. The van der Waals surface area contributed by atoms with Gasteiger partial charge in [0.2, 0.25) is 0 Å². The van der Waals surface area contributed by atoms with Crippen molar-refractivity contribution in [2.75, 3.05) is 6.61 Å². The Morgan fingerprint density at radius 2 is 1.43 bits per heavy atom. The summed E-state index contributed by atoms with van der Waals surface area (Å²) in [6.45, 7) is 9.61. The molecular weight excluding hydrogens is 292 g/mol. The monoisotopic (exact) mass is 328 g/mol. The van der Waals surface area contributed by atoms with Gasteiger partial charge < -0.3 is 9.47 Å². The third-order valence-corrected chi connectivity index (χ3v) is 4.01. The van der Waals surface area contributed by atoms with Gasteiger partial charge in [-0.2, -0.15) is 0 Å². The topological polar surface area (TPSA) is 52.6 Å². The van der Waals surface area contributed by atoms with Gasteiger partial charge in [0.25, 0.3) is 0 Å². The van der Waals surface area contributed by atoms with Crippen molar-refractivity contribution in [1.29, 1.82) is 0 Å². The summed E-state index contributed by atoms with van der Waals surface area (Å²) >= 11 is 0. The van der Waals surface area contributed by atoms with Crippen LogP contribution in [0, 0.1) is 5.41 Å². The van der Waals surface area contributed by atoms with Gasteiger partial charge >= 0.3 is 11.9 Å². The van der Waals surface area contributed by atoms with Gasteiger partial charge in [0.15, 0.2) is 5.41 Å². The number of hydrogen-bond acceptors (Lipinski definition) is 4. The van der Waals surface area contributed by atoms with Gasteiger partial charge in [0, 0.05) is 0 Å². The van der Waals surface area contributed by atoms with E-state index in [1.165, 1.54) is 32.1 Å². The van der Waals surface area contributed by atoms with E-state index in [-0.39, 0.29) is 6.10 Å². The third kappa shape index (κ3) is 9.62. The van der Waals surface area contributed by atoms with Crippen molar-refractivity contribution in [2.24, 2.45) is 5.41 Å². The molecule has 0 fully saturated rings. The molecule has 0 rings (SSSR count). The van der Waals surface area contributed by atoms with E-state index in [4.69, 9.17) is 9.47 Å². The minimum Gasteiger partial charge on any atom is -0.465 e. The van der Waals surface area contributed by atoms with Crippen LogP contribution in [0.25, 0.3) is 0 Å². The molecule has 1 atom stereocenters. The van der Waals surface area contributed by atoms with Crippen LogP contribution in [0.2, 0.25) is 0 Å². The summed E-state index contributed by atoms with van der Waals surface area (Å²) in [5.41, 5.74) is -1.23. The summed E-state index contributed by atoms with van der Waals surface area (Å²) in [6, 6.07) is 0. The van der Waals surface area contributed by atoms with Crippen molar-refractivity contribution in [3.05, 3.63) is 0 Å². The molecule has 0 saturated heterocycles. The molecule has 0 aliphatic heterocycles. The van der Waals surface area contributed by atoms with Gasteiger partial charge in [-0.1, -0.05) is 58.8 Å². The molecule has 4 nitrogen and oxygen atoms in total. The van der Waals surface area contributed by atoms with Crippen molar-refractivity contribution >= 4 is 11.9 Å². The highest BCUT2D eigenvalue weighted by atomic mass is 16.6. The Hall–Kier alpha value is -1.06. The number of esters is 2. The highest BCUT2D eigenvalue weighted by molar-refractivity contribution is 5.99. The highest BCUT2D eigenvalue weighted by Crippen LogP contribution is 2.21. The average molecular weight is 328 g/mol. The zero-order chi connectivity index (χ0) is 17.7. The number of unbranched alkanes of at least 4 members (excludes halogenated alkanes) is 6. The van der Waals surface area contributed by atoms with Crippen molar-refractivity contribution in [3.8, 4) is 0 Å². The zero-order valence-electron chi connectivity index (χ0n) is 15.8. The van der Waals surface area contributed by atoms with Crippen LogP contribution >= 0.6 is 0 Å². The SMILES string of the molecule is CCCCCCCCCOC(=O)C(C)(C)C(=O)OC(C)CCC. The highest BCUT2D eigenvalue weighted by Gasteiger charge is 2.40. The van der Waals surface area contributed by atoms with Crippen LogP contribution < -0.4 is 0 Å². The minimum atomic E-state index is -1.23. The molecule has 0 aliphatic rings. The van der Waals surface area contributed by atoms with Gasteiger partial charge in [-0.25, -0.2) is 0 Å². The van der Waals surface area contributed by atoms with E-state index in [0.717, 1.165) is 25.7 Å². The Bertz CT molecular complexity index is 336. The second-order valence-corrected chi connectivity index (χ2v) is 6.89. The Morgan fingerprint density at radius 1 is 0.870 bits per heavy atom. The molecule has 0 radical (unpaired) electrons. The molecule has 0 saturated carbocycles. The van der Waals surface area contributed by atoms with E-state index >= 15 is 0 Å². The molecule has 0 aromatic rings. The van der Waals surface area contributed by atoms with E-state index in [2.05, 4.69) is 6.92 Å². The van der Waals surface area contributed by atoms with Crippen LogP contribution in [-0.2, 0) is 19.1 Å². The smallest absolute Gasteiger partial charge is 0.323 e. The van der Waals surface area contributed by atoms with Gasteiger partial charge in [-0.15, -0.1) is 0 Å². The Labute approximate surface area is 142 Å². The molecule has 4 heteroatoms. The largest absolute Gasteiger partial charge is 0.465 e. The molecule has 0 spiro atoms. The number of carbonyl (C=O) groups excluding carboxylic acids is 2. The predicted octanol–water partition coefficient (Wildman–Crippen LogP) is 5.04. The molecule has 0 aliphatic carbocycles. The second kappa shape index (κ2) is 12.4. The summed E-state index contributed by atoms with van der Waals surface area (Å²) < 4.78 is 10.6. The summed E-state index contributed by atoms with van der Waals surface area (Å²) in [7, 11) is 0. The molecule has 0 aromatic carbocycles. The van der Waals surface area contributed by atoms with Crippen molar-refractivity contribution in [2.45, 2.75) is 98.5 Å². The Kier molecular flexibility index (Phi) is 11.8. The molecular formula is C19H36O4. The van der Waals surface area contributed by atoms with E-state index in [9.17, 15) is 9.59 Å². The zero-order valence-corrected chi connectivity index (χ0v) is 15.8. The normalized spacial score (nSPS) is 12.7. The molecule has 0 heterocycles. The molecule has 0 amide bonds. The summed E-state index contributed by atoms with van der Waals surface area (Å²) in [5.74, 6) is -0.986. The molecule has 1 unspecified atom stereocenters. The summed E-state index contributed by atoms with van der Waals surface area (Å²) in [5, 5.41) is 0. The lowest BCUT2D eigenvalue weighted by molar-refractivity contribution is -0.172. The number of carbonyl (C=O) groups is 2. The first kappa shape index (κ1) is 21.9. The molecule has 23 heavy (non-hydrogen) atoms. The second-order valence-electron chi connectivity index (χ2n) is 6.89. The quantitative estimate of drug-likeness (QED) is 0.270. The summed E-state index contributed by atoms with van der Waals surface area (Å²) in [6.07, 6.45) is 9.75. The van der Waals surface area contributed by atoms with Gasteiger partial charge in [0.05, 0.1) is 12.7 Å². The first-order chi connectivity index (χ1) is 10.9.